The normalized spacial score (nSPS) is 9.95. The van der Waals surface area contributed by atoms with Gasteiger partial charge in [0.25, 0.3) is 11.8 Å². The Morgan fingerprint density at radius 1 is 1.18 bits per heavy atom. The maximum atomic E-state index is 12.4. The van der Waals surface area contributed by atoms with E-state index in [0.717, 1.165) is 0 Å². The molecule has 0 aliphatic carbocycles. The number of rotatable bonds is 7. The molecule has 0 aromatic heterocycles. The van der Waals surface area contributed by atoms with Gasteiger partial charge in [0, 0.05) is 20.6 Å². The van der Waals surface area contributed by atoms with Crippen LogP contribution in [0.15, 0.2) is 24.3 Å². The van der Waals surface area contributed by atoms with Crippen molar-refractivity contribution in [3.63, 3.8) is 0 Å². The highest BCUT2D eigenvalue weighted by Crippen LogP contribution is 2.20. The molecule has 120 valence electrons. The van der Waals surface area contributed by atoms with E-state index < -0.39 is 11.9 Å². The van der Waals surface area contributed by atoms with Crippen molar-refractivity contribution in [2.24, 2.45) is 0 Å². The molecule has 0 aliphatic heterocycles. The second-order valence-corrected chi connectivity index (χ2v) is 4.79. The number of carbonyl (C=O) groups is 3. The number of para-hydroxylation sites is 1. The molecule has 0 saturated carbocycles. The van der Waals surface area contributed by atoms with Gasteiger partial charge in [0.1, 0.15) is 12.3 Å². The maximum Gasteiger partial charge on any atom is 0.323 e. The molecule has 22 heavy (non-hydrogen) atoms. The van der Waals surface area contributed by atoms with Crippen molar-refractivity contribution < 1.29 is 24.2 Å². The van der Waals surface area contributed by atoms with E-state index in [0.29, 0.717) is 0 Å². The third-order valence-electron chi connectivity index (χ3n) is 2.96. The monoisotopic (exact) mass is 308 g/mol. The maximum absolute atomic E-state index is 12.4. The van der Waals surface area contributed by atoms with E-state index in [9.17, 15) is 14.4 Å². The van der Waals surface area contributed by atoms with Gasteiger partial charge in [0.15, 0.2) is 6.61 Å². The molecule has 0 unspecified atom stereocenters. The molecule has 0 atom stereocenters. The van der Waals surface area contributed by atoms with Gasteiger partial charge in [-0.25, -0.2) is 0 Å². The minimum atomic E-state index is -1.09. The molecule has 0 spiro atoms. The van der Waals surface area contributed by atoms with Crippen molar-refractivity contribution in [2.45, 2.75) is 6.92 Å². The Labute approximate surface area is 129 Å². The second-order valence-electron chi connectivity index (χ2n) is 4.79. The Balaban J connectivity index is 2.92. The van der Waals surface area contributed by atoms with Gasteiger partial charge in [-0.1, -0.05) is 12.1 Å². The van der Waals surface area contributed by atoms with Crippen LogP contribution in [0.3, 0.4) is 0 Å². The van der Waals surface area contributed by atoms with Crippen LogP contribution in [0.4, 0.5) is 0 Å². The summed E-state index contributed by atoms with van der Waals surface area (Å²) >= 11 is 0. The largest absolute Gasteiger partial charge is 0.483 e. The first-order valence-corrected chi connectivity index (χ1v) is 6.79. The third-order valence-corrected chi connectivity index (χ3v) is 2.96. The molecule has 1 rings (SSSR count). The van der Waals surface area contributed by atoms with Gasteiger partial charge in [-0.3, -0.25) is 14.4 Å². The minimum Gasteiger partial charge on any atom is -0.483 e. The molecule has 1 aromatic carbocycles. The highest BCUT2D eigenvalue weighted by molar-refractivity contribution is 5.98. The smallest absolute Gasteiger partial charge is 0.323 e. The lowest BCUT2D eigenvalue weighted by molar-refractivity contribution is -0.137. The Morgan fingerprint density at radius 3 is 2.36 bits per heavy atom. The molecule has 0 radical (unpaired) electrons. The number of likely N-dealkylation sites (N-methyl/N-ethyl adjacent to an activating group) is 2. The fraction of sp³-hybridized carbons (Fsp3) is 0.400. The van der Waals surface area contributed by atoms with E-state index in [1.54, 1.807) is 45.3 Å². The van der Waals surface area contributed by atoms with Crippen molar-refractivity contribution in [1.82, 2.24) is 9.80 Å². The summed E-state index contributed by atoms with van der Waals surface area (Å²) in [6, 6.07) is 6.45. The molecular formula is C15H20N2O5. The second kappa shape index (κ2) is 8.02. The van der Waals surface area contributed by atoms with Crippen molar-refractivity contribution in [3.8, 4) is 5.75 Å². The van der Waals surface area contributed by atoms with Crippen LogP contribution in [0.2, 0.25) is 0 Å². The van der Waals surface area contributed by atoms with Crippen molar-refractivity contribution in [2.75, 3.05) is 33.8 Å². The van der Waals surface area contributed by atoms with Crippen LogP contribution < -0.4 is 4.74 Å². The Bertz CT molecular complexity index is 557. The van der Waals surface area contributed by atoms with Crippen LogP contribution in [0.25, 0.3) is 0 Å². The van der Waals surface area contributed by atoms with Crippen LogP contribution in [-0.2, 0) is 9.59 Å². The number of ether oxygens (including phenoxy) is 1. The Hall–Kier alpha value is -2.57. The molecule has 7 heteroatoms. The lowest BCUT2D eigenvalue weighted by Gasteiger charge is -2.20. The zero-order chi connectivity index (χ0) is 16.7. The molecular weight excluding hydrogens is 288 g/mol. The Morgan fingerprint density at radius 2 is 1.82 bits per heavy atom. The number of benzene rings is 1. The van der Waals surface area contributed by atoms with E-state index in [1.165, 1.54) is 9.80 Å². The molecule has 1 aromatic rings. The highest BCUT2D eigenvalue weighted by Gasteiger charge is 2.20. The first kappa shape index (κ1) is 17.5. The molecule has 0 fully saturated rings. The van der Waals surface area contributed by atoms with Crippen molar-refractivity contribution in [3.05, 3.63) is 29.8 Å². The SMILES string of the molecule is CCN(CC(=O)O)C(=O)c1ccccc1OCC(=O)N(C)C. The lowest BCUT2D eigenvalue weighted by atomic mass is 10.1. The number of amides is 2. The van der Waals surface area contributed by atoms with Gasteiger partial charge in [-0.15, -0.1) is 0 Å². The average molecular weight is 308 g/mol. The van der Waals surface area contributed by atoms with Gasteiger partial charge in [-0.2, -0.15) is 0 Å². The van der Waals surface area contributed by atoms with E-state index >= 15 is 0 Å². The molecule has 0 heterocycles. The highest BCUT2D eigenvalue weighted by atomic mass is 16.5. The van der Waals surface area contributed by atoms with Crippen LogP contribution in [0.1, 0.15) is 17.3 Å². The molecule has 2 amide bonds. The summed E-state index contributed by atoms with van der Waals surface area (Å²) in [5, 5.41) is 8.84. The number of nitrogens with zero attached hydrogens (tertiary/aromatic N) is 2. The van der Waals surface area contributed by atoms with Crippen molar-refractivity contribution in [1.29, 1.82) is 0 Å². The predicted molar refractivity (Wildman–Crippen MR) is 79.8 cm³/mol. The summed E-state index contributed by atoms with van der Waals surface area (Å²) in [7, 11) is 3.21. The fourth-order valence-corrected chi connectivity index (χ4v) is 1.70. The zero-order valence-electron chi connectivity index (χ0n) is 12.9. The van der Waals surface area contributed by atoms with E-state index in [2.05, 4.69) is 0 Å². The standard InChI is InChI=1S/C15H20N2O5/c1-4-17(9-14(19)20)15(21)11-7-5-6-8-12(11)22-10-13(18)16(2)3/h5-8H,4,9-10H2,1-3H3,(H,19,20). The molecule has 0 saturated heterocycles. The lowest BCUT2D eigenvalue weighted by Crippen LogP contribution is -2.36. The van der Waals surface area contributed by atoms with Gasteiger partial charge in [-0.05, 0) is 19.1 Å². The molecule has 7 nitrogen and oxygen atoms in total. The summed E-state index contributed by atoms with van der Waals surface area (Å²) < 4.78 is 5.39. The minimum absolute atomic E-state index is 0.192. The van der Waals surface area contributed by atoms with Crippen LogP contribution in [-0.4, -0.2) is 66.5 Å². The summed E-state index contributed by atoms with van der Waals surface area (Å²) in [6.45, 7) is 1.37. The van der Waals surface area contributed by atoms with Gasteiger partial charge < -0.3 is 19.6 Å². The number of carboxylic acid groups (broad SMARTS) is 1. The first-order valence-electron chi connectivity index (χ1n) is 6.79. The number of carboxylic acids is 1. The summed E-state index contributed by atoms with van der Waals surface area (Å²) in [5.41, 5.74) is 0.233. The number of hydrogen-bond donors (Lipinski definition) is 1. The van der Waals surface area contributed by atoms with Crippen LogP contribution in [0.5, 0.6) is 5.75 Å². The first-order chi connectivity index (χ1) is 10.4. The molecule has 1 N–H and O–H groups in total. The topological polar surface area (TPSA) is 87.1 Å². The van der Waals surface area contributed by atoms with Crippen LogP contribution >= 0.6 is 0 Å². The van der Waals surface area contributed by atoms with E-state index in [4.69, 9.17) is 9.84 Å². The molecule has 0 aliphatic rings. The number of carbonyl (C=O) groups excluding carboxylic acids is 2. The Kier molecular flexibility index (Phi) is 6.37. The van der Waals surface area contributed by atoms with Gasteiger partial charge >= 0.3 is 5.97 Å². The van der Waals surface area contributed by atoms with Crippen molar-refractivity contribution >= 4 is 17.8 Å². The summed E-state index contributed by atoms with van der Waals surface area (Å²) in [4.78, 5) is 37.3. The predicted octanol–water partition coefficient (Wildman–Crippen LogP) is 0.700. The summed E-state index contributed by atoms with van der Waals surface area (Å²) in [6.07, 6.45) is 0. The van der Waals surface area contributed by atoms with E-state index in [1.807, 2.05) is 0 Å². The summed E-state index contributed by atoms with van der Waals surface area (Å²) in [5.74, 6) is -1.51. The fourth-order valence-electron chi connectivity index (χ4n) is 1.70. The number of hydrogen-bond acceptors (Lipinski definition) is 4. The van der Waals surface area contributed by atoms with Gasteiger partial charge in [0.05, 0.1) is 5.56 Å². The third kappa shape index (κ3) is 4.76. The van der Waals surface area contributed by atoms with E-state index in [-0.39, 0.29) is 36.9 Å². The van der Waals surface area contributed by atoms with Gasteiger partial charge in [0.2, 0.25) is 0 Å². The molecule has 0 bridgehead atoms. The quantitative estimate of drug-likeness (QED) is 0.801. The number of aliphatic carboxylic acids is 1. The van der Waals surface area contributed by atoms with Crippen LogP contribution in [0, 0.1) is 0 Å². The zero-order valence-corrected chi connectivity index (χ0v) is 12.9. The average Bonchev–Trinajstić information content (AvgIpc) is 2.49.